The second kappa shape index (κ2) is 9.56. The highest BCUT2D eigenvalue weighted by Gasteiger charge is 2.46. The van der Waals surface area contributed by atoms with Crippen LogP contribution in [0, 0.1) is 0 Å². The van der Waals surface area contributed by atoms with Gasteiger partial charge in [0, 0.05) is 24.5 Å². The number of hydrogen-bond acceptors (Lipinski definition) is 6. The number of benzene rings is 2. The van der Waals surface area contributed by atoms with Gasteiger partial charge in [0.15, 0.2) is 0 Å². The normalized spacial score (nSPS) is 17.4. The third kappa shape index (κ3) is 4.57. The minimum atomic E-state index is -0.860. The summed E-state index contributed by atoms with van der Waals surface area (Å²) in [5, 5.41) is 21.2. The molecule has 1 saturated heterocycles. The molecule has 2 aromatic carbocycles. The number of ketones is 1. The van der Waals surface area contributed by atoms with Crippen molar-refractivity contribution in [1.29, 1.82) is 0 Å². The number of Topliss-reactive ketones (excluding diaryl/α,β-unsaturated/α-hetero) is 1. The van der Waals surface area contributed by atoms with Gasteiger partial charge >= 0.3 is 0 Å². The molecular weight excluding hydrogens is 420 g/mol. The van der Waals surface area contributed by atoms with E-state index in [9.17, 15) is 19.8 Å². The van der Waals surface area contributed by atoms with Gasteiger partial charge in [0.1, 0.15) is 17.3 Å². The summed E-state index contributed by atoms with van der Waals surface area (Å²) in [5.41, 5.74) is 1.68. The van der Waals surface area contributed by atoms with Crippen molar-refractivity contribution < 1.29 is 24.5 Å². The lowest BCUT2D eigenvalue weighted by Gasteiger charge is -2.25. The molecule has 2 N–H and O–H groups in total. The summed E-state index contributed by atoms with van der Waals surface area (Å²) >= 11 is 0. The Morgan fingerprint density at radius 1 is 1.06 bits per heavy atom. The van der Waals surface area contributed by atoms with Gasteiger partial charge in [0.05, 0.1) is 18.2 Å². The van der Waals surface area contributed by atoms with Crippen molar-refractivity contribution in [2.75, 3.05) is 6.61 Å². The Kier molecular flexibility index (Phi) is 6.40. The van der Waals surface area contributed by atoms with Gasteiger partial charge < -0.3 is 19.8 Å². The molecular formula is C26H24N2O5. The van der Waals surface area contributed by atoms with Crippen LogP contribution in [-0.2, 0) is 16.1 Å². The van der Waals surface area contributed by atoms with E-state index in [0.29, 0.717) is 23.5 Å². The third-order valence-corrected chi connectivity index (χ3v) is 5.43. The van der Waals surface area contributed by atoms with E-state index < -0.39 is 17.7 Å². The number of ether oxygens (including phenoxy) is 1. The first-order chi connectivity index (χ1) is 16.0. The number of aromatic hydroxyl groups is 1. The molecule has 1 fully saturated rings. The summed E-state index contributed by atoms with van der Waals surface area (Å²) in [6, 6.07) is 15.7. The van der Waals surface area contributed by atoms with Crippen molar-refractivity contribution in [2.24, 2.45) is 0 Å². The van der Waals surface area contributed by atoms with E-state index in [-0.39, 0.29) is 23.6 Å². The Labute approximate surface area is 191 Å². The van der Waals surface area contributed by atoms with Gasteiger partial charge in [-0.3, -0.25) is 14.6 Å². The van der Waals surface area contributed by atoms with Crippen LogP contribution >= 0.6 is 0 Å². The van der Waals surface area contributed by atoms with E-state index in [1.807, 2.05) is 6.92 Å². The summed E-state index contributed by atoms with van der Waals surface area (Å²) in [4.78, 5) is 31.5. The lowest BCUT2D eigenvalue weighted by atomic mass is 9.95. The minimum absolute atomic E-state index is 0.000533. The molecule has 168 valence electrons. The number of pyridine rings is 1. The zero-order chi connectivity index (χ0) is 23.4. The van der Waals surface area contributed by atoms with Gasteiger partial charge in [-0.15, -0.1) is 0 Å². The van der Waals surface area contributed by atoms with Gasteiger partial charge in [-0.05, 0) is 66.1 Å². The van der Waals surface area contributed by atoms with Crippen molar-refractivity contribution in [3.05, 3.63) is 95.3 Å². The fourth-order valence-electron chi connectivity index (χ4n) is 3.85. The number of likely N-dealkylation sites (tertiary alicyclic amines) is 1. The zero-order valence-electron chi connectivity index (χ0n) is 18.1. The summed E-state index contributed by atoms with van der Waals surface area (Å²) in [5.74, 6) is -1.12. The average molecular weight is 444 g/mol. The van der Waals surface area contributed by atoms with Crippen LogP contribution in [0.5, 0.6) is 11.5 Å². The number of phenolic OH excluding ortho intramolecular Hbond substituents is 1. The Balaban J connectivity index is 1.79. The van der Waals surface area contributed by atoms with Crippen LogP contribution in [0.25, 0.3) is 5.76 Å². The van der Waals surface area contributed by atoms with Gasteiger partial charge in [-0.2, -0.15) is 0 Å². The Morgan fingerprint density at radius 2 is 1.79 bits per heavy atom. The second-order valence-corrected chi connectivity index (χ2v) is 7.75. The number of hydrogen-bond donors (Lipinski definition) is 2. The number of aliphatic hydroxyl groups excluding tert-OH is 1. The standard InChI is InChI=1S/C26H24N2O5/c1-2-14-33-21-8-6-18(7-9-21)24(30)22-23(19-4-3-5-20(29)15-19)28(26(32)25(22)31)16-17-10-12-27-13-11-17/h3-13,15,23,29-30H,2,14,16H2,1H3/b24-22-. The number of carbonyl (C=O) groups is 2. The monoisotopic (exact) mass is 444 g/mol. The largest absolute Gasteiger partial charge is 0.508 e. The van der Waals surface area contributed by atoms with E-state index in [1.165, 1.54) is 17.0 Å². The molecule has 1 aliphatic rings. The molecule has 1 amide bonds. The van der Waals surface area contributed by atoms with Gasteiger partial charge in [-0.25, -0.2) is 0 Å². The SMILES string of the molecule is CCCOc1ccc(/C(O)=C2/C(=O)C(=O)N(Cc3ccncc3)C2c2cccc(O)c2)cc1. The quantitative estimate of drug-likeness (QED) is 0.322. The van der Waals surface area contributed by atoms with Gasteiger partial charge in [-0.1, -0.05) is 19.1 Å². The molecule has 7 heteroatoms. The molecule has 4 rings (SSSR count). The maximum atomic E-state index is 13.1. The number of nitrogens with zero attached hydrogens (tertiary/aromatic N) is 2. The third-order valence-electron chi connectivity index (χ3n) is 5.43. The van der Waals surface area contributed by atoms with Crippen molar-refractivity contribution in [3.63, 3.8) is 0 Å². The predicted octanol–water partition coefficient (Wildman–Crippen LogP) is 4.20. The topological polar surface area (TPSA) is 100.0 Å². The first kappa shape index (κ1) is 22.1. The average Bonchev–Trinajstić information content (AvgIpc) is 3.08. The maximum absolute atomic E-state index is 13.1. The maximum Gasteiger partial charge on any atom is 0.295 e. The molecule has 3 aromatic rings. The lowest BCUT2D eigenvalue weighted by molar-refractivity contribution is -0.140. The zero-order valence-corrected chi connectivity index (χ0v) is 18.1. The molecule has 0 spiro atoms. The van der Waals surface area contributed by atoms with E-state index in [1.54, 1.807) is 60.9 Å². The fourth-order valence-corrected chi connectivity index (χ4v) is 3.85. The number of aromatic nitrogens is 1. The molecule has 0 aliphatic carbocycles. The van der Waals surface area contributed by atoms with E-state index in [2.05, 4.69) is 4.98 Å². The fraction of sp³-hybridized carbons (Fsp3) is 0.192. The van der Waals surface area contributed by atoms with Crippen LogP contribution in [0.4, 0.5) is 0 Å². The van der Waals surface area contributed by atoms with Gasteiger partial charge in [0.2, 0.25) is 0 Å². The van der Waals surface area contributed by atoms with Crippen LogP contribution < -0.4 is 4.74 Å². The Bertz CT molecular complexity index is 1190. The number of rotatable bonds is 7. The molecule has 1 aromatic heterocycles. The first-order valence-electron chi connectivity index (χ1n) is 10.7. The van der Waals surface area contributed by atoms with Crippen LogP contribution in [-0.4, -0.2) is 38.4 Å². The Hall–Kier alpha value is -4.13. The van der Waals surface area contributed by atoms with Crippen LogP contribution in [0.3, 0.4) is 0 Å². The van der Waals surface area contributed by atoms with Crippen molar-refractivity contribution in [3.8, 4) is 11.5 Å². The second-order valence-electron chi connectivity index (χ2n) is 7.75. The number of phenols is 1. The van der Waals surface area contributed by atoms with Crippen molar-refractivity contribution in [2.45, 2.75) is 25.9 Å². The summed E-state index contributed by atoms with van der Waals surface area (Å²) in [6.07, 6.45) is 4.08. The number of carbonyl (C=O) groups excluding carboxylic acids is 2. The predicted molar refractivity (Wildman–Crippen MR) is 122 cm³/mol. The highest BCUT2D eigenvalue weighted by Crippen LogP contribution is 2.41. The minimum Gasteiger partial charge on any atom is -0.508 e. The van der Waals surface area contributed by atoms with Crippen LogP contribution in [0.2, 0.25) is 0 Å². The van der Waals surface area contributed by atoms with Crippen LogP contribution in [0.1, 0.15) is 36.1 Å². The molecule has 33 heavy (non-hydrogen) atoms. The van der Waals surface area contributed by atoms with Crippen molar-refractivity contribution in [1.82, 2.24) is 9.88 Å². The van der Waals surface area contributed by atoms with Crippen LogP contribution in [0.15, 0.2) is 78.6 Å². The molecule has 7 nitrogen and oxygen atoms in total. The highest BCUT2D eigenvalue weighted by molar-refractivity contribution is 6.46. The van der Waals surface area contributed by atoms with E-state index >= 15 is 0 Å². The molecule has 2 heterocycles. The molecule has 1 aliphatic heterocycles. The molecule has 0 saturated carbocycles. The smallest absolute Gasteiger partial charge is 0.295 e. The molecule has 1 unspecified atom stereocenters. The molecule has 0 bridgehead atoms. The highest BCUT2D eigenvalue weighted by atomic mass is 16.5. The summed E-state index contributed by atoms with van der Waals surface area (Å²) < 4.78 is 5.58. The number of amides is 1. The molecule has 0 radical (unpaired) electrons. The van der Waals surface area contributed by atoms with E-state index in [0.717, 1.165) is 12.0 Å². The lowest BCUT2D eigenvalue weighted by Crippen LogP contribution is -2.29. The van der Waals surface area contributed by atoms with Gasteiger partial charge in [0.25, 0.3) is 11.7 Å². The molecule has 1 atom stereocenters. The first-order valence-corrected chi connectivity index (χ1v) is 10.7. The summed E-state index contributed by atoms with van der Waals surface area (Å²) in [7, 11) is 0. The van der Waals surface area contributed by atoms with Crippen molar-refractivity contribution >= 4 is 17.4 Å². The summed E-state index contributed by atoms with van der Waals surface area (Å²) in [6.45, 7) is 2.73. The number of aliphatic hydroxyl groups is 1. The Morgan fingerprint density at radius 3 is 2.45 bits per heavy atom. The van der Waals surface area contributed by atoms with E-state index in [4.69, 9.17) is 4.74 Å².